The Bertz CT molecular complexity index is 248. The Kier molecular flexibility index (Phi) is 3.94. The molecule has 72 valence electrons. The Morgan fingerprint density at radius 1 is 1.31 bits per heavy atom. The molecular weight excluding hydrogens is 226 g/mol. The van der Waals surface area contributed by atoms with E-state index in [1.54, 1.807) is 4.90 Å². The molecule has 0 spiro atoms. The smallest absolute Gasteiger partial charge is 0.103 e. The molecule has 1 saturated heterocycles. The molecule has 1 nitrogen and oxygen atoms in total. The molecule has 0 amide bonds. The summed E-state index contributed by atoms with van der Waals surface area (Å²) in [6.45, 7) is 4.90. The highest BCUT2D eigenvalue weighted by Crippen LogP contribution is 1.99. The predicted octanol–water partition coefficient (Wildman–Crippen LogP) is -2.13. The maximum atomic E-state index is 2.34. The number of hydrogen-bond donors (Lipinski definition) is 1. The molecular formula is C11H16BrN. The van der Waals surface area contributed by atoms with Crippen LogP contribution in [0.1, 0.15) is 18.9 Å². The summed E-state index contributed by atoms with van der Waals surface area (Å²) in [7, 11) is 0. The fraction of sp³-hybridized carbons (Fsp3) is 0.455. The molecule has 1 aliphatic rings. The lowest BCUT2D eigenvalue weighted by Crippen LogP contribution is -3.20. The van der Waals surface area contributed by atoms with Gasteiger partial charge in [0.25, 0.3) is 0 Å². The first kappa shape index (κ1) is 10.7. The number of nitrogens with one attached hydrogen (secondary N) is 1. The highest BCUT2D eigenvalue weighted by atomic mass is 79.9. The van der Waals surface area contributed by atoms with Gasteiger partial charge in [0.2, 0.25) is 0 Å². The van der Waals surface area contributed by atoms with Crippen molar-refractivity contribution in [3.63, 3.8) is 0 Å². The Morgan fingerprint density at radius 3 is 2.46 bits per heavy atom. The fourth-order valence-corrected chi connectivity index (χ4v) is 1.76. The molecule has 2 atom stereocenters. The summed E-state index contributed by atoms with van der Waals surface area (Å²) in [5, 5.41) is 0. The highest BCUT2D eigenvalue weighted by Gasteiger charge is 2.27. The van der Waals surface area contributed by atoms with Crippen LogP contribution in [0.15, 0.2) is 30.3 Å². The van der Waals surface area contributed by atoms with Gasteiger partial charge in [0, 0.05) is 12.0 Å². The summed E-state index contributed by atoms with van der Waals surface area (Å²) in [5.74, 6) is 0. The van der Waals surface area contributed by atoms with Gasteiger partial charge in [0.1, 0.15) is 6.54 Å². The van der Waals surface area contributed by atoms with Crippen molar-refractivity contribution in [1.29, 1.82) is 0 Å². The Labute approximate surface area is 90.5 Å². The molecule has 1 N–H and O–H groups in total. The average molecular weight is 242 g/mol. The topological polar surface area (TPSA) is 4.44 Å². The first-order chi connectivity index (χ1) is 5.86. The standard InChI is InChI=1S/C11H15N.BrH/c1-10-7-8-12(10)9-11-5-3-2-4-6-11;/h2-6,10H,7-9H2,1H3;1H/t10-;/m0./s1. The van der Waals surface area contributed by atoms with E-state index in [-0.39, 0.29) is 17.0 Å². The van der Waals surface area contributed by atoms with Crippen LogP contribution in [0.25, 0.3) is 0 Å². The minimum atomic E-state index is 0. The maximum Gasteiger partial charge on any atom is 0.103 e. The highest BCUT2D eigenvalue weighted by molar-refractivity contribution is 5.13. The second-order valence-electron chi connectivity index (χ2n) is 3.76. The molecule has 1 aromatic carbocycles. The number of likely N-dealkylation sites (tertiary alicyclic amines) is 1. The third-order valence-corrected chi connectivity index (χ3v) is 2.87. The second-order valence-corrected chi connectivity index (χ2v) is 3.76. The predicted molar refractivity (Wildman–Crippen MR) is 50.1 cm³/mol. The van der Waals surface area contributed by atoms with Gasteiger partial charge in [-0.3, -0.25) is 0 Å². The van der Waals surface area contributed by atoms with Crippen LogP contribution in [0.2, 0.25) is 0 Å². The molecule has 1 heterocycles. The van der Waals surface area contributed by atoms with Gasteiger partial charge in [0.15, 0.2) is 0 Å². The SMILES string of the molecule is C[C@H]1CC[NH+]1Cc1ccccc1.[Br-]. The van der Waals surface area contributed by atoms with E-state index in [4.69, 9.17) is 0 Å². The van der Waals surface area contributed by atoms with E-state index in [0.29, 0.717) is 0 Å². The first-order valence-electron chi connectivity index (χ1n) is 4.75. The van der Waals surface area contributed by atoms with Gasteiger partial charge >= 0.3 is 0 Å². The monoisotopic (exact) mass is 241 g/mol. The molecule has 0 aromatic heterocycles. The van der Waals surface area contributed by atoms with Crippen molar-refractivity contribution in [2.24, 2.45) is 0 Å². The summed E-state index contributed by atoms with van der Waals surface area (Å²) in [6, 6.07) is 11.7. The van der Waals surface area contributed by atoms with Gasteiger partial charge in [-0.15, -0.1) is 0 Å². The lowest BCUT2D eigenvalue weighted by Gasteiger charge is -2.34. The molecule has 1 aromatic rings. The van der Waals surface area contributed by atoms with Crippen molar-refractivity contribution in [1.82, 2.24) is 0 Å². The maximum absolute atomic E-state index is 2.34. The van der Waals surface area contributed by atoms with Gasteiger partial charge < -0.3 is 21.9 Å². The van der Waals surface area contributed by atoms with Gasteiger partial charge in [0.05, 0.1) is 12.6 Å². The summed E-state index contributed by atoms with van der Waals surface area (Å²) in [5.41, 5.74) is 1.47. The number of hydrogen-bond acceptors (Lipinski definition) is 0. The minimum absolute atomic E-state index is 0. The van der Waals surface area contributed by atoms with Gasteiger partial charge in [-0.1, -0.05) is 30.3 Å². The molecule has 1 unspecified atom stereocenters. The van der Waals surface area contributed by atoms with Crippen LogP contribution in [-0.4, -0.2) is 12.6 Å². The lowest BCUT2D eigenvalue weighted by molar-refractivity contribution is -0.977. The van der Waals surface area contributed by atoms with E-state index < -0.39 is 0 Å². The lowest BCUT2D eigenvalue weighted by atomic mass is 10.0. The molecule has 1 fully saturated rings. The van der Waals surface area contributed by atoms with E-state index in [9.17, 15) is 0 Å². The van der Waals surface area contributed by atoms with Crippen molar-refractivity contribution < 1.29 is 21.9 Å². The van der Waals surface area contributed by atoms with Crippen LogP contribution in [0.5, 0.6) is 0 Å². The van der Waals surface area contributed by atoms with E-state index in [1.165, 1.54) is 25.1 Å². The van der Waals surface area contributed by atoms with E-state index in [0.717, 1.165) is 6.04 Å². The van der Waals surface area contributed by atoms with Crippen molar-refractivity contribution in [3.05, 3.63) is 35.9 Å². The summed E-state index contributed by atoms with van der Waals surface area (Å²) in [4.78, 5) is 1.74. The van der Waals surface area contributed by atoms with Gasteiger partial charge in [-0.2, -0.15) is 0 Å². The number of rotatable bonds is 2. The molecule has 0 radical (unpaired) electrons. The largest absolute Gasteiger partial charge is 1.00 e. The average Bonchev–Trinajstić information content (AvgIpc) is 2.14. The van der Waals surface area contributed by atoms with Crippen LogP contribution < -0.4 is 21.9 Å². The number of halogens is 1. The van der Waals surface area contributed by atoms with Crippen LogP contribution >= 0.6 is 0 Å². The normalized spacial score (nSPS) is 25.9. The van der Waals surface area contributed by atoms with Crippen LogP contribution in [-0.2, 0) is 6.54 Å². The van der Waals surface area contributed by atoms with E-state index in [2.05, 4.69) is 37.3 Å². The molecule has 13 heavy (non-hydrogen) atoms. The zero-order chi connectivity index (χ0) is 8.39. The fourth-order valence-electron chi connectivity index (χ4n) is 1.76. The molecule has 2 rings (SSSR count). The zero-order valence-corrected chi connectivity index (χ0v) is 9.55. The van der Waals surface area contributed by atoms with Crippen molar-refractivity contribution in [2.45, 2.75) is 25.9 Å². The second kappa shape index (κ2) is 4.77. The van der Waals surface area contributed by atoms with Crippen LogP contribution in [0.3, 0.4) is 0 Å². The molecule has 1 aliphatic heterocycles. The quantitative estimate of drug-likeness (QED) is 0.604. The molecule has 0 bridgehead atoms. The molecule has 0 saturated carbocycles. The van der Waals surface area contributed by atoms with Crippen LogP contribution in [0.4, 0.5) is 0 Å². The van der Waals surface area contributed by atoms with E-state index >= 15 is 0 Å². The summed E-state index contributed by atoms with van der Waals surface area (Å²) in [6.07, 6.45) is 1.40. The number of benzene rings is 1. The third kappa shape index (κ3) is 2.55. The van der Waals surface area contributed by atoms with Crippen molar-refractivity contribution in [2.75, 3.05) is 6.54 Å². The Hall–Kier alpha value is -0.340. The van der Waals surface area contributed by atoms with Gasteiger partial charge in [-0.05, 0) is 6.92 Å². The van der Waals surface area contributed by atoms with Crippen LogP contribution in [0, 0.1) is 0 Å². The summed E-state index contributed by atoms with van der Waals surface area (Å²) >= 11 is 0. The van der Waals surface area contributed by atoms with Gasteiger partial charge in [-0.25, -0.2) is 0 Å². The minimum Gasteiger partial charge on any atom is -1.00 e. The first-order valence-corrected chi connectivity index (χ1v) is 4.75. The van der Waals surface area contributed by atoms with Crippen molar-refractivity contribution in [3.8, 4) is 0 Å². The van der Waals surface area contributed by atoms with E-state index in [1.807, 2.05) is 0 Å². The summed E-state index contributed by atoms with van der Waals surface area (Å²) < 4.78 is 0. The van der Waals surface area contributed by atoms with Crippen molar-refractivity contribution >= 4 is 0 Å². The Balaban J connectivity index is 0.000000845. The third-order valence-electron chi connectivity index (χ3n) is 2.87. The zero-order valence-electron chi connectivity index (χ0n) is 7.96. The Morgan fingerprint density at radius 2 is 2.00 bits per heavy atom. The molecule has 2 heteroatoms. The molecule has 0 aliphatic carbocycles. The number of quaternary nitrogens is 1.